The quantitative estimate of drug-likeness (QED) is 0.714. The first-order chi connectivity index (χ1) is 7.50. The number of rotatable bonds is 1. The summed E-state index contributed by atoms with van der Waals surface area (Å²) in [6.45, 7) is 1.81. The van der Waals surface area contributed by atoms with Crippen molar-refractivity contribution in [2.24, 2.45) is 17.1 Å². The molecule has 0 spiro atoms. The van der Waals surface area contributed by atoms with E-state index < -0.39 is 0 Å². The van der Waals surface area contributed by atoms with Gasteiger partial charge in [-0.15, -0.1) is 0 Å². The number of aryl methyl sites for hydroxylation is 1. The van der Waals surface area contributed by atoms with Crippen molar-refractivity contribution >= 4 is 28.8 Å². The third kappa shape index (κ3) is 1.46. The van der Waals surface area contributed by atoms with Crippen molar-refractivity contribution in [2.75, 3.05) is 12.8 Å². The summed E-state index contributed by atoms with van der Waals surface area (Å²) >= 11 is 0. The number of aliphatic imine (C=N–C) groups is 1. The predicted octanol–water partition coefficient (Wildman–Crippen LogP) is 0.373. The minimum atomic E-state index is 0.265. The number of hydrogen-bond acceptors (Lipinski definition) is 5. The van der Waals surface area contributed by atoms with Crippen LogP contribution in [0.15, 0.2) is 16.3 Å². The van der Waals surface area contributed by atoms with Gasteiger partial charge in [-0.3, -0.25) is 10.1 Å². The molecule has 2 rings (SSSR count). The number of nitrogens with zero attached hydrogens (tertiary/aromatic N) is 5. The van der Waals surface area contributed by atoms with Crippen molar-refractivity contribution in [3.05, 3.63) is 6.20 Å². The van der Waals surface area contributed by atoms with E-state index in [0.29, 0.717) is 22.9 Å². The van der Waals surface area contributed by atoms with Crippen LogP contribution < -0.4 is 5.73 Å². The molecule has 3 N–H and O–H groups in total. The van der Waals surface area contributed by atoms with E-state index in [-0.39, 0.29) is 5.84 Å². The molecule has 1 aliphatic heterocycles. The van der Waals surface area contributed by atoms with Crippen LogP contribution in [-0.2, 0) is 7.05 Å². The van der Waals surface area contributed by atoms with Gasteiger partial charge in [0.2, 0.25) is 0 Å². The maximum atomic E-state index is 7.78. The van der Waals surface area contributed by atoms with Crippen molar-refractivity contribution in [3.63, 3.8) is 0 Å². The van der Waals surface area contributed by atoms with Gasteiger partial charge in [0.15, 0.2) is 5.84 Å². The molecule has 0 amide bonds. The van der Waals surface area contributed by atoms with Gasteiger partial charge >= 0.3 is 0 Å². The number of aromatic nitrogens is 2. The Morgan fingerprint density at radius 1 is 1.44 bits per heavy atom. The molecule has 84 valence electrons. The molecule has 16 heavy (non-hydrogen) atoms. The monoisotopic (exact) mass is 219 g/mol. The number of hydrazone groups is 1. The molecular weight excluding hydrogens is 206 g/mol. The lowest BCUT2D eigenvalue weighted by molar-refractivity contribution is 0.557. The maximum absolute atomic E-state index is 7.78. The summed E-state index contributed by atoms with van der Waals surface area (Å²) in [7, 11) is 3.45. The molecule has 0 bridgehead atoms. The minimum Gasteiger partial charge on any atom is -0.382 e. The fraction of sp³-hybridized carbons (Fsp3) is 0.333. The average Bonchev–Trinajstić information content (AvgIpc) is 2.66. The summed E-state index contributed by atoms with van der Waals surface area (Å²) < 4.78 is 1.54. The Hall–Kier alpha value is -2.18. The van der Waals surface area contributed by atoms with Gasteiger partial charge in [-0.1, -0.05) is 0 Å². The highest BCUT2D eigenvalue weighted by Crippen LogP contribution is 2.21. The van der Waals surface area contributed by atoms with Crippen molar-refractivity contribution < 1.29 is 0 Å². The second-order valence-electron chi connectivity index (χ2n) is 3.56. The van der Waals surface area contributed by atoms with E-state index in [2.05, 4.69) is 15.2 Å². The topological polar surface area (TPSA) is 95.6 Å². The largest absolute Gasteiger partial charge is 0.382 e. The highest BCUT2D eigenvalue weighted by Gasteiger charge is 2.23. The van der Waals surface area contributed by atoms with Crippen LogP contribution in [0.5, 0.6) is 0 Å². The normalized spacial score (nSPS) is 18.4. The molecule has 2 heterocycles. The average molecular weight is 219 g/mol. The number of nitrogen functional groups attached to an aromatic ring is 1. The van der Waals surface area contributed by atoms with Crippen LogP contribution in [0.3, 0.4) is 0 Å². The van der Waals surface area contributed by atoms with Crippen LogP contribution in [0.2, 0.25) is 0 Å². The number of nitrogens with two attached hydrogens (primary N) is 1. The van der Waals surface area contributed by atoms with E-state index in [1.54, 1.807) is 20.3 Å². The zero-order chi connectivity index (χ0) is 11.9. The van der Waals surface area contributed by atoms with E-state index >= 15 is 0 Å². The summed E-state index contributed by atoms with van der Waals surface area (Å²) in [5.41, 5.74) is 7.57. The Morgan fingerprint density at radius 2 is 2.12 bits per heavy atom. The second kappa shape index (κ2) is 3.44. The third-order valence-corrected chi connectivity index (χ3v) is 2.39. The predicted molar refractivity (Wildman–Crippen MR) is 63.3 cm³/mol. The van der Waals surface area contributed by atoms with Gasteiger partial charge in [-0.05, 0) is 6.92 Å². The summed E-state index contributed by atoms with van der Waals surface area (Å²) in [6.07, 6.45) is 1.57. The molecule has 7 nitrogen and oxygen atoms in total. The summed E-state index contributed by atoms with van der Waals surface area (Å²) in [5, 5.41) is 17.4. The molecule has 0 saturated heterocycles. The standard InChI is InChI=1S/C9H13N7/c1-5-7(9(11)16(3)14-5)13-6-4-12-15(2)8(6)10/h4,11H,10H2,1-3H3. The Morgan fingerprint density at radius 3 is 2.56 bits per heavy atom. The Balaban J connectivity index is 2.43. The van der Waals surface area contributed by atoms with E-state index in [4.69, 9.17) is 11.1 Å². The second-order valence-corrected chi connectivity index (χ2v) is 3.56. The van der Waals surface area contributed by atoms with Crippen LogP contribution in [-0.4, -0.2) is 39.1 Å². The molecule has 0 fully saturated rings. The van der Waals surface area contributed by atoms with Gasteiger partial charge in [0, 0.05) is 14.1 Å². The van der Waals surface area contributed by atoms with Gasteiger partial charge in [-0.25, -0.2) is 10.0 Å². The van der Waals surface area contributed by atoms with Crippen LogP contribution in [0.4, 0.5) is 11.5 Å². The molecule has 0 aliphatic carbocycles. The first-order valence-corrected chi connectivity index (χ1v) is 4.75. The Kier molecular flexibility index (Phi) is 2.22. The lowest BCUT2D eigenvalue weighted by Gasteiger charge is -2.04. The zero-order valence-corrected chi connectivity index (χ0v) is 9.39. The maximum Gasteiger partial charge on any atom is 0.169 e. The van der Waals surface area contributed by atoms with Gasteiger partial charge in [0.25, 0.3) is 0 Å². The SMILES string of the molecule is CC1=NN(C)C(=N)C1=Nc1cnn(C)c1N. The molecule has 0 saturated carbocycles. The van der Waals surface area contributed by atoms with Crippen molar-refractivity contribution in [1.29, 1.82) is 5.41 Å². The molecule has 0 unspecified atom stereocenters. The number of hydrogen-bond donors (Lipinski definition) is 2. The number of nitrogens with one attached hydrogen (secondary N) is 1. The molecule has 1 aromatic rings. The highest BCUT2D eigenvalue weighted by atomic mass is 15.5. The molecule has 1 aliphatic rings. The fourth-order valence-corrected chi connectivity index (χ4v) is 1.42. The van der Waals surface area contributed by atoms with Crippen LogP contribution >= 0.6 is 0 Å². The highest BCUT2D eigenvalue weighted by molar-refractivity contribution is 6.69. The van der Waals surface area contributed by atoms with Crippen LogP contribution in [0.25, 0.3) is 0 Å². The first kappa shape index (κ1) is 10.3. The zero-order valence-electron chi connectivity index (χ0n) is 9.39. The van der Waals surface area contributed by atoms with E-state index in [0.717, 1.165) is 0 Å². The minimum absolute atomic E-state index is 0.265. The van der Waals surface area contributed by atoms with E-state index in [1.807, 2.05) is 6.92 Å². The summed E-state index contributed by atoms with van der Waals surface area (Å²) in [6, 6.07) is 0. The molecule has 7 heteroatoms. The van der Waals surface area contributed by atoms with Gasteiger partial charge in [-0.2, -0.15) is 10.2 Å². The molecular formula is C9H13N7. The summed E-state index contributed by atoms with van der Waals surface area (Å²) in [5.74, 6) is 0.739. The van der Waals surface area contributed by atoms with Gasteiger partial charge < -0.3 is 5.73 Å². The van der Waals surface area contributed by atoms with E-state index in [1.165, 1.54) is 9.69 Å². The fourth-order valence-electron chi connectivity index (χ4n) is 1.42. The lowest BCUT2D eigenvalue weighted by Crippen LogP contribution is -2.23. The number of anilines is 1. The number of amidine groups is 1. The van der Waals surface area contributed by atoms with E-state index in [9.17, 15) is 0 Å². The van der Waals surface area contributed by atoms with Crippen LogP contribution in [0.1, 0.15) is 6.92 Å². The Labute approximate surface area is 92.8 Å². The van der Waals surface area contributed by atoms with Gasteiger partial charge in [0.05, 0.1) is 11.9 Å². The van der Waals surface area contributed by atoms with Crippen molar-refractivity contribution in [3.8, 4) is 0 Å². The lowest BCUT2D eigenvalue weighted by atomic mass is 10.2. The smallest absolute Gasteiger partial charge is 0.169 e. The molecule has 0 aromatic carbocycles. The summed E-state index contributed by atoms with van der Waals surface area (Å²) in [4.78, 5) is 4.30. The van der Waals surface area contributed by atoms with Gasteiger partial charge in [0.1, 0.15) is 17.2 Å². The van der Waals surface area contributed by atoms with Crippen LogP contribution in [0, 0.1) is 5.41 Å². The molecule has 0 radical (unpaired) electrons. The van der Waals surface area contributed by atoms with Crippen molar-refractivity contribution in [1.82, 2.24) is 14.8 Å². The van der Waals surface area contributed by atoms with Crippen molar-refractivity contribution in [2.45, 2.75) is 6.92 Å². The molecule has 0 atom stereocenters. The first-order valence-electron chi connectivity index (χ1n) is 4.75. The molecule has 1 aromatic heterocycles. The third-order valence-electron chi connectivity index (χ3n) is 2.39. The Bertz CT molecular complexity index is 508.